The Labute approximate surface area is 228 Å². The van der Waals surface area contributed by atoms with Gasteiger partial charge in [-0.15, -0.1) is 0 Å². The van der Waals surface area contributed by atoms with Crippen LogP contribution in [-0.2, 0) is 4.79 Å². The minimum absolute atomic E-state index is 0. The molecule has 6 heteroatoms. The standard InChI is InChI=1S/C18H36O2.C7H6O2.Mg.Na/c1-2-3-4-5-6-7-8-9-10-11-12-13-14-15-16-17-18(19)20;8-7(9)6-4-2-1-3-5-6;;/h2-17H2,1H3,(H,19,20);1-5H,(H,8,9);;/q;;+2;+1/p-2. The van der Waals surface area contributed by atoms with Gasteiger partial charge in [0.05, 0.1) is 5.97 Å². The Balaban J connectivity index is -0.000000598. The van der Waals surface area contributed by atoms with Crippen LogP contribution in [0.15, 0.2) is 30.3 Å². The molecule has 0 aromatic heterocycles. The van der Waals surface area contributed by atoms with Gasteiger partial charge in [-0.3, -0.25) is 0 Å². The van der Waals surface area contributed by atoms with E-state index in [1.807, 2.05) is 0 Å². The third-order valence-electron chi connectivity index (χ3n) is 4.99. The zero-order valence-electron chi connectivity index (χ0n) is 20.0. The van der Waals surface area contributed by atoms with Gasteiger partial charge in [0.1, 0.15) is 0 Å². The number of unbranched alkanes of at least 4 members (excludes halogenated alkanes) is 14. The molecule has 1 aromatic rings. The van der Waals surface area contributed by atoms with E-state index in [4.69, 9.17) is 0 Å². The molecule has 1 rings (SSSR count). The van der Waals surface area contributed by atoms with Crippen LogP contribution in [0.25, 0.3) is 0 Å². The molecule has 31 heavy (non-hydrogen) atoms. The second-order valence-electron chi connectivity index (χ2n) is 7.73. The molecular formula is C25H40MgNaO4+. The van der Waals surface area contributed by atoms with Crippen LogP contribution < -0.4 is 39.8 Å². The smallest absolute Gasteiger partial charge is 0.550 e. The number of carbonyl (C=O) groups excluding carboxylic acids is 2. The average molecular weight is 452 g/mol. The van der Waals surface area contributed by atoms with Crippen molar-refractivity contribution in [3.8, 4) is 0 Å². The topological polar surface area (TPSA) is 80.3 Å². The third-order valence-corrected chi connectivity index (χ3v) is 4.99. The largest absolute Gasteiger partial charge is 2.00 e. The molecule has 0 unspecified atom stereocenters. The van der Waals surface area contributed by atoms with E-state index in [2.05, 4.69) is 6.92 Å². The zero-order chi connectivity index (χ0) is 21.6. The van der Waals surface area contributed by atoms with Gasteiger partial charge in [0.25, 0.3) is 0 Å². The van der Waals surface area contributed by atoms with Crippen molar-refractivity contribution >= 4 is 35.0 Å². The molecule has 4 nitrogen and oxygen atoms in total. The third kappa shape index (κ3) is 27.9. The number of hydrogen-bond donors (Lipinski definition) is 0. The summed E-state index contributed by atoms with van der Waals surface area (Å²) in [5, 5.41) is 20.3. The molecule has 0 aliphatic carbocycles. The van der Waals surface area contributed by atoms with Crippen molar-refractivity contribution in [2.24, 2.45) is 0 Å². The maximum Gasteiger partial charge on any atom is 2.00 e. The molecule has 0 heterocycles. The molecule has 0 radical (unpaired) electrons. The van der Waals surface area contributed by atoms with Crippen molar-refractivity contribution in [1.82, 2.24) is 0 Å². The molecule has 0 spiro atoms. The molecule has 0 bridgehead atoms. The van der Waals surface area contributed by atoms with E-state index in [1.54, 1.807) is 18.2 Å². The van der Waals surface area contributed by atoms with E-state index in [-0.39, 0.29) is 64.6 Å². The summed E-state index contributed by atoms with van der Waals surface area (Å²) in [5.74, 6) is -2.03. The first-order chi connectivity index (χ1) is 14.1. The summed E-state index contributed by atoms with van der Waals surface area (Å²) in [6, 6.07) is 8.06. The van der Waals surface area contributed by atoms with Crippen LogP contribution in [0, 0.1) is 0 Å². The number of aromatic carboxylic acids is 1. The van der Waals surface area contributed by atoms with E-state index >= 15 is 0 Å². The predicted molar refractivity (Wildman–Crippen MR) is 121 cm³/mol. The molecule has 0 fully saturated rings. The quantitative estimate of drug-likeness (QED) is 0.266. The molecule has 0 atom stereocenters. The van der Waals surface area contributed by atoms with Gasteiger partial charge in [-0.25, -0.2) is 0 Å². The first-order valence-corrected chi connectivity index (χ1v) is 11.5. The summed E-state index contributed by atoms with van der Waals surface area (Å²) in [6.07, 6.45) is 19.9. The monoisotopic (exact) mass is 451 g/mol. The summed E-state index contributed by atoms with van der Waals surface area (Å²) in [5.41, 5.74) is 0.220. The van der Waals surface area contributed by atoms with Gasteiger partial charge < -0.3 is 19.8 Å². The maximum atomic E-state index is 10.2. The number of carbonyl (C=O) groups is 2. The fourth-order valence-corrected chi connectivity index (χ4v) is 3.21. The molecular weight excluding hydrogens is 412 g/mol. The number of carboxylic acids is 2. The number of carboxylic acid groups (broad SMARTS) is 2. The fourth-order valence-electron chi connectivity index (χ4n) is 3.21. The number of benzene rings is 1. The van der Waals surface area contributed by atoms with Crippen LogP contribution in [-0.4, -0.2) is 35.0 Å². The van der Waals surface area contributed by atoms with Crippen molar-refractivity contribution in [3.63, 3.8) is 0 Å². The van der Waals surface area contributed by atoms with Crippen LogP contribution >= 0.6 is 0 Å². The van der Waals surface area contributed by atoms with Crippen molar-refractivity contribution in [2.45, 2.75) is 110 Å². The molecule has 0 aliphatic heterocycles. The first-order valence-electron chi connectivity index (χ1n) is 11.5. The Morgan fingerprint density at radius 2 is 1.00 bits per heavy atom. The molecule has 0 aliphatic rings. The number of rotatable bonds is 17. The Kier molecular flexibility index (Phi) is 32.0. The van der Waals surface area contributed by atoms with Gasteiger partial charge in [0, 0.05) is 5.97 Å². The Hall–Kier alpha value is -0.0738. The predicted octanol–water partition coefficient (Wildman–Crippen LogP) is 1.67. The van der Waals surface area contributed by atoms with Crippen LogP contribution in [0.3, 0.4) is 0 Å². The Morgan fingerprint density at radius 1 is 0.645 bits per heavy atom. The van der Waals surface area contributed by atoms with Gasteiger partial charge in [-0.05, 0) is 18.4 Å². The Morgan fingerprint density at radius 3 is 1.29 bits per heavy atom. The van der Waals surface area contributed by atoms with Gasteiger partial charge >= 0.3 is 52.6 Å². The maximum absolute atomic E-state index is 10.2. The van der Waals surface area contributed by atoms with Gasteiger partial charge in [0.15, 0.2) is 0 Å². The van der Waals surface area contributed by atoms with Gasteiger partial charge in [0.2, 0.25) is 0 Å². The summed E-state index contributed by atoms with van der Waals surface area (Å²) >= 11 is 0. The molecule has 0 N–H and O–H groups in total. The SMILES string of the molecule is CCCCCCCCCCCCCCCCCC(=O)[O-].O=C([O-])c1ccccc1.[Mg+2].[Na+]. The van der Waals surface area contributed by atoms with E-state index < -0.39 is 11.9 Å². The molecule has 0 saturated carbocycles. The molecule has 166 valence electrons. The molecule has 0 saturated heterocycles. The van der Waals surface area contributed by atoms with Gasteiger partial charge in [-0.1, -0.05) is 127 Å². The summed E-state index contributed by atoms with van der Waals surface area (Å²) in [6.45, 7) is 2.27. The normalized spacial score (nSPS) is 9.58. The van der Waals surface area contributed by atoms with Crippen LogP contribution in [0.5, 0.6) is 0 Å². The van der Waals surface area contributed by atoms with E-state index in [0.717, 1.165) is 12.8 Å². The zero-order valence-corrected chi connectivity index (χ0v) is 23.5. The van der Waals surface area contributed by atoms with Crippen LogP contribution in [0.2, 0.25) is 0 Å². The summed E-state index contributed by atoms with van der Waals surface area (Å²) < 4.78 is 0. The van der Waals surface area contributed by atoms with E-state index in [9.17, 15) is 19.8 Å². The van der Waals surface area contributed by atoms with Crippen molar-refractivity contribution in [2.75, 3.05) is 0 Å². The second kappa shape index (κ2) is 28.0. The van der Waals surface area contributed by atoms with Crippen LogP contribution in [0.1, 0.15) is 120 Å². The molecule has 1 aromatic carbocycles. The second-order valence-corrected chi connectivity index (χ2v) is 7.73. The van der Waals surface area contributed by atoms with E-state index in [0.29, 0.717) is 0 Å². The minimum atomic E-state index is -1.13. The average Bonchev–Trinajstić information content (AvgIpc) is 2.72. The Bertz CT molecular complexity index is 512. The fraction of sp³-hybridized carbons (Fsp3) is 0.680. The summed E-state index contributed by atoms with van der Waals surface area (Å²) in [7, 11) is 0. The minimum Gasteiger partial charge on any atom is -0.550 e. The number of hydrogen-bond acceptors (Lipinski definition) is 4. The van der Waals surface area contributed by atoms with Crippen molar-refractivity contribution < 1.29 is 49.4 Å². The van der Waals surface area contributed by atoms with Gasteiger partial charge in [-0.2, -0.15) is 0 Å². The van der Waals surface area contributed by atoms with Crippen LogP contribution in [0.4, 0.5) is 0 Å². The summed E-state index contributed by atoms with van der Waals surface area (Å²) in [4.78, 5) is 20.3. The van der Waals surface area contributed by atoms with Crippen molar-refractivity contribution in [1.29, 1.82) is 0 Å². The molecule has 0 amide bonds. The van der Waals surface area contributed by atoms with Crippen molar-refractivity contribution in [3.05, 3.63) is 35.9 Å². The van der Waals surface area contributed by atoms with E-state index in [1.165, 1.54) is 95.6 Å². The first kappa shape index (κ1) is 35.5. The number of aliphatic carboxylic acids is 1.